The molecule has 0 N–H and O–H groups in total. The van der Waals surface area contributed by atoms with E-state index < -0.39 is 0 Å². The van der Waals surface area contributed by atoms with Crippen LogP contribution >= 0.6 is 0 Å². The number of oxime groups is 1. The molecule has 1 aromatic carbocycles. The van der Waals surface area contributed by atoms with E-state index in [4.69, 9.17) is 4.84 Å². The third-order valence-corrected chi connectivity index (χ3v) is 4.86. The second-order valence-electron chi connectivity index (χ2n) is 6.44. The Labute approximate surface area is 142 Å². The van der Waals surface area contributed by atoms with E-state index in [9.17, 15) is 0 Å². The van der Waals surface area contributed by atoms with Crippen LogP contribution in [0.4, 0.5) is 5.82 Å². The average molecular weight is 325 g/mol. The van der Waals surface area contributed by atoms with Gasteiger partial charge < -0.3 is 9.74 Å². The van der Waals surface area contributed by atoms with Gasteiger partial charge in [0.2, 0.25) is 0 Å². The molecular weight excluding hydrogens is 302 g/mol. The Morgan fingerprint density at radius 1 is 1.12 bits per heavy atom. The van der Waals surface area contributed by atoms with Gasteiger partial charge in [-0.2, -0.15) is 0 Å². The maximum atomic E-state index is 5.54. The van der Waals surface area contributed by atoms with Gasteiger partial charge in [0.15, 0.2) is 0 Å². The van der Waals surface area contributed by atoms with Crippen molar-refractivity contribution in [3.8, 4) is 0 Å². The molecule has 1 fully saturated rings. The van der Waals surface area contributed by atoms with Crippen LogP contribution < -0.4 is 4.90 Å². The number of nitrogens with zero attached hydrogens (tertiary/aromatic N) is 5. The highest BCUT2D eigenvalue weighted by molar-refractivity contribution is 5.89. The van der Waals surface area contributed by atoms with Gasteiger partial charge in [0.25, 0.3) is 0 Å². The number of para-hydroxylation sites is 1. The zero-order chi connectivity index (χ0) is 16.4. The number of fused-ring (bicyclic) bond motifs is 1. The number of aromatic nitrogens is 2. The van der Waals surface area contributed by atoms with Crippen LogP contribution in [0.15, 0.2) is 35.7 Å². The highest BCUT2D eigenvalue weighted by Crippen LogP contribution is 2.24. The van der Waals surface area contributed by atoms with Crippen LogP contribution in [0.3, 0.4) is 0 Å². The predicted octanol–water partition coefficient (Wildman–Crippen LogP) is 2.31. The first-order chi connectivity index (χ1) is 11.8. The molecule has 2 aromatic rings. The van der Waals surface area contributed by atoms with Crippen molar-refractivity contribution in [3.05, 3.63) is 30.6 Å². The Hall–Kier alpha value is -2.21. The second-order valence-corrected chi connectivity index (χ2v) is 6.44. The SMILES string of the molecule is CCC1=NOC(CN2CCN(c3ncnc4ccccc34)CC2)C1. The summed E-state index contributed by atoms with van der Waals surface area (Å²) >= 11 is 0. The van der Waals surface area contributed by atoms with E-state index in [2.05, 4.69) is 37.9 Å². The molecule has 2 aliphatic rings. The third kappa shape index (κ3) is 3.06. The Kier molecular flexibility index (Phi) is 4.30. The molecule has 6 heteroatoms. The van der Waals surface area contributed by atoms with E-state index in [0.717, 1.165) is 62.3 Å². The zero-order valence-corrected chi connectivity index (χ0v) is 14.1. The molecule has 2 aliphatic heterocycles. The maximum Gasteiger partial charge on any atom is 0.145 e. The van der Waals surface area contributed by atoms with E-state index in [0.29, 0.717) is 0 Å². The monoisotopic (exact) mass is 325 g/mol. The number of anilines is 1. The highest BCUT2D eigenvalue weighted by atomic mass is 16.6. The van der Waals surface area contributed by atoms with Crippen molar-refractivity contribution in [2.75, 3.05) is 37.6 Å². The van der Waals surface area contributed by atoms with Crippen molar-refractivity contribution >= 4 is 22.4 Å². The van der Waals surface area contributed by atoms with Crippen LogP contribution in [0.5, 0.6) is 0 Å². The summed E-state index contributed by atoms with van der Waals surface area (Å²) in [6.07, 6.45) is 3.87. The molecule has 1 atom stereocenters. The third-order valence-electron chi connectivity index (χ3n) is 4.86. The van der Waals surface area contributed by atoms with Crippen LogP contribution in [0.1, 0.15) is 19.8 Å². The lowest BCUT2D eigenvalue weighted by molar-refractivity contribution is 0.0510. The quantitative estimate of drug-likeness (QED) is 0.863. The van der Waals surface area contributed by atoms with Crippen molar-refractivity contribution in [2.45, 2.75) is 25.9 Å². The number of piperazine rings is 1. The number of hydrogen-bond donors (Lipinski definition) is 0. The van der Waals surface area contributed by atoms with Gasteiger partial charge in [0, 0.05) is 44.5 Å². The fraction of sp³-hybridized carbons (Fsp3) is 0.500. The van der Waals surface area contributed by atoms with Gasteiger partial charge in [0.05, 0.1) is 11.2 Å². The first-order valence-corrected chi connectivity index (χ1v) is 8.72. The maximum absolute atomic E-state index is 5.54. The van der Waals surface area contributed by atoms with Crippen molar-refractivity contribution < 1.29 is 4.84 Å². The molecule has 3 heterocycles. The molecule has 0 amide bonds. The lowest BCUT2D eigenvalue weighted by Gasteiger charge is -2.36. The lowest BCUT2D eigenvalue weighted by atomic mass is 10.1. The molecule has 1 saturated heterocycles. The minimum Gasteiger partial charge on any atom is -0.391 e. The van der Waals surface area contributed by atoms with Crippen LogP contribution in [0.2, 0.25) is 0 Å². The minimum atomic E-state index is 0.228. The first-order valence-electron chi connectivity index (χ1n) is 8.72. The summed E-state index contributed by atoms with van der Waals surface area (Å²) in [5.41, 5.74) is 2.19. The first kappa shape index (κ1) is 15.3. The normalized spacial score (nSPS) is 21.8. The summed E-state index contributed by atoms with van der Waals surface area (Å²) in [6.45, 7) is 7.12. The van der Waals surface area contributed by atoms with E-state index in [1.807, 2.05) is 18.2 Å². The Balaban J connectivity index is 1.38. The standard InChI is InChI=1S/C18H23N5O/c1-2-14-11-15(24-21-14)12-22-7-9-23(10-8-22)18-16-5-3-4-6-17(16)19-13-20-18/h3-6,13,15H,2,7-12H2,1H3. The van der Waals surface area contributed by atoms with E-state index >= 15 is 0 Å². The molecule has 0 spiro atoms. The van der Waals surface area contributed by atoms with Crippen molar-refractivity contribution in [3.63, 3.8) is 0 Å². The summed E-state index contributed by atoms with van der Waals surface area (Å²) < 4.78 is 0. The molecule has 0 saturated carbocycles. The van der Waals surface area contributed by atoms with Gasteiger partial charge in [-0.1, -0.05) is 24.2 Å². The summed E-state index contributed by atoms with van der Waals surface area (Å²) in [6, 6.07) is 8.21. The van der Waals surface area contributed by atoms with Crippen LogP contribution in [0.25, 0.3) is 10.9 Å². The average Bonchev–Trinajstić information content (AvgIpc) is 3.09. The fourth-order valence-corrected chi connectivity index (χ4v) is 3.47. The van der Waals surface area contributed by atoms with Gasteiger partial charge >= 0.3 is 0 Å². The van der Waals surface area contributed by atoms with Crippen molar-refractivity contribution in [1.29, 1.82) is 0 Å². The lowest BCUT2D eigenvalue weighted by Crippen LogP contribution is -2.49. The molecule has 0 bridgehead atoms. The highest BCUT2D eigenvalue weighted by Gasteiger charge is 2.26. The minimum absolute atomic E-state index is 0.228. The summed E-state index contributed by atoms with van der Waals surface area (Å²) in [5.74, 6) is 1.05. The van der Waals surface area contributed by atoms with Crippen molar-refractivity contribution in [1.82, 2.24) is 14.9 Å². The van der Waals surface area contributed by atoms with Gasteiger partial charge in [-0.3, -0.25) is 4.90 Å². The largest absolute Gasteiger partial charge is 0.391 e. The van der Waals surface area contributed by atoms with Crippen LogP contribution in [-0.4, -0.2) is 59.4 Å². The zero-order valence-electron chi connectivity index (χ0n) is 14.1. The smallest absolute Gasteiger partial charge is 0.145 e. The number of rotatable bonds is 4. The molecule has 24 heavy (non-hydrogen) atoms. The topological polar surface area (TPSA) is 53.9 Å². The summed E-state index contributed by atoms with van der Waals surface area (Å²) in [5, 5.41) is 5.29. The molecule has 126 valence electrons. The van der Waals surface area contributed by atoms with E-state index in [-0.39, 0.29) is 6.10 Å². The van der Waals surface area contributed by atoms with Crippen LogP contribution in [-0.2, 0) is 4.84 Å². The van der Waals surface area contributed by atoms with E-state index in [1.54, 1.807) is 6.33 Å². The molecular formula is C18H23N5O. The van der Waals surface area contributed by atoms with Gasteiger partial charge in [-0.25, -0.2) is 9.97 Å². The number of benzene rings is 1. The van der Waals surface area contributed by atoms with Gasteiger partial charge in [0.1, 0.15) is 18.2 Å². The summed E-state index contributed by atoms with van der Waals surface area (Å²) in [4.78, 5) is 19.3. The second kappa shape index (κ2) is 6.73. The molecule has 6 nitrogen and oxygen atoms in total. The predicted molar refractivity (Wildman–Crippen MR) is 95.4 cm³/mol. The molecule has 0 aliphatic carbocycles. The Bertz CT molecular complexity index is 734. The van der Waals surface area contributed by atoms with Crippen LogP contribution in [0, 0.1) is 0 Å². The Morgan fingerprint density at radius 3 is 2.75 bits per heavy atom. The van der Waals surface area contributed by atoms with E-state index in [1.165, 1.54) is 5.71 Å². The fourth-order valence-electron chi connectivity index (χ4n) is 3.47. The number of hydrogen-bond acceptors (Lipinski definition) is 6. The molecule has 1 unspecified atom stereocenters. The Morgan fingerprint density at radius 2 is 1.96 bits per heavy atom. The molecule has 1 aromatic heterocycles. The van der Waals surface area contributed by atoms with Gasteiger partial charge in [-0.15, -0.1) is 0 Å². The molecule has 4 rings (SSSR count). The molecule has 0 radical (unpaired) electrons. The van der Waals surface area contributed by atoms with Crippen molar-refractivity contribution in [2.24, 2.45) is 5.16 Å². The van der Waals surface area contributed by atoms with Gasteiger partial charge in [-0.05, 0) is 18.6 Å². The summed E-state index contributed by atoms with van der Waals surface area (Å²) in [7, 11) is 0.